The molecule has 0 aliphatic rings. The van der Waals surface area contributed by atoms with E-state index in [1.165, 1.54) is 5.56 Å². The predicted octanol–water partition coefficient (Wildman–Crippen LogP) is 2.23. The van der Waals surface area contributed by atoms with E-state index in [1.807, 2.05) is 19.2 Å². The molecule has 0 atom stereocenters. The van der Waals surface area contributed by atoms with Crippen molar-refractivity contribution in [1.82, 2.24) is 5.32 Å². The Morgan fingerprint density at radius 2 is 1.73 bits per heavy atom. The molecule has 0 bridgehead atoms. The van der Waals surface area contributed by atoms with E-state index in [0.29, 0.717) is 0 Å². The fraction of sp³-hybridized carbons (Fsp3) is 0.455. The minimum Gasteiger partial charge on any atom is -0.495 e. The Morgan fingerprint density at radius 3 is 2.13 bits per heavy atom. The van der Waals surface area contributed by atoms with Crippen molar-refractivity contribution >= 4 is 15.9 Å². The first-order valence-corrected chi connectivity index (χ1v) is 5.57. The van der Waals surface area contributed by atoms with Crippen LogP contribution in [0.4, 0.5) is 0 Å². The maximum atomic E-state index is 5.26. The molecule has 1 N–H and O–H groups in total. The predicted molar refractivity (Wildman–Crippen MR) is 64.9 cm³/mol. The van der Waals surface area contributed by atoms with E-state index in [1.54, 1.807) is 14.2 Å². The van der Waals surface area contributed by atoms with Crippen LogP contribution >= 0.6 is 15.9 Å². The van der Waals surface area contributed by atoms with Crippen molar-refractivity contribution in [2.75, 3.05) is 27.8 Å². The first kappa shape index (κ1) is 12.3. The summed E-state index contributed by atoms with van der Waals surface area (Å²) in [5.41, 5.74) is 1.20. The SMILES string of the molecule is CNCCc1cc(OC)c(Br)c(OC)c1. The van der Waals surface area contributed by atoms with Gasteiger partial charge in [0, 0.05) is 0 Å². The van der Waals surface area contributed by atoms with Gasteiger partial charge in [0.2, 0.25) is 0 Å². The van der Waals surface area contributed by atoms with Crippen molar-refractivity contribution in [1.29, 1.82) is 0 Å². The molecule has 84 valence electrons. The van der Waals surface area contributed by atoms with Gasteiger partial charge in [-0.2, -0.15) is 0 Å². The number of halogens is 1. The molecule has 0 amide bonds. The zero-order chi connectivity index (χ0) is 11.3. The van der Waals surface area contributed by atoms with E-state index in [4.69, 9.17) is 9.47 Å². The molecule has 0 radical (unpaired) electrons. The summed E-state index contributed by atoms with van der Waals surface area (Å²) in [7, 11) is 5.25. The zero-order valence-corrected chi connectivity index (χ0v) is 10.8. The molecule has 0 aliphatic carbocycles. The van der Waals surface area contributed by atoms with Gasteiger partial charge in [-0.15, -0.1) is 0 Å². The minimum atomic E-state index is 0.806. The largest absolute Gasteiger partial charge is 0.495 e. The van der Waals surface area contributed by atoms with Crippen molar-refractivity contribution in [2.24, 2.45) is 0 Å². The average molecular weight is 274 g/mol. The molecule has 1 aromatic rings. The van der Waals surface area contributed by atoms with Crippen molar-refractivity contribution in [3.63, 3.8) is 0 Å². The van der Waals surface area contributed by atoms with Crippen LogP contribution in [0.2, 0.25) is 0 Å². The van der Waals surface area contributed by atoms with Crippen LogP contribution in [0.5, 0.6) is 11.5 Å². The quantitative estimate of drug-likeness (QED) is 0.893. The zero-order valence-electron chi connectivity index (χ0n) is 9.26. The second-order valence-corrected chi connectivity index (χ2v) is 3.96. The normalized spacial score (nSPS) is 10.1. The van der Waals surface area contributed by atoms with Gasteiger partial charge in [0.15, 0.2) is 0 Å². The summed E-state index contributed by atoms with van der Waals surface area (Å²) in [6.07, 6.45) is 0.955. The standard InChI is InChI=1S/C11H16BrNO2/c1-13-5-4-8-6-9(14-2)11(12)10(7-8)15-3/h6-7,13H,4-5H2,1-3H3. The minimum absolute atomic E-state index is 0.806. The van der Waals surface area contributed by atoms with E-state index in [-0.39, 0.29) is 0 Å². The molecule has 4 heteroatoms. The third-order valence-electron chi connectivity index (χ3n) is 2.17. The van der Waals surface area contributed by atoms with E-state index in [9.17, 15) is 0 Å². The Hall–Kier alpha value is -0.740. The van der Waals surface area contributed by atoms with Gasteiger partial charge in [0.1, 0.15) is 16.0 Å². The van der Waals surface area contributed by atoms with E-state index in [2.05, 4.69) is 21.2 Å². The Labute approximate surface area is 98.9 Å². The lowest BCUT2D eigenvalue weighted by atomic mass is 10.1. The number of rotatable bonds is 5. The molecule has 0 unspecified atom stereocenters. The summed E-state index contributed by atoms with van der Waals surface area (Å²) in [6, 6.07) is 4.04. The van der Waals surface area contributed by atoms with Crippen LogP contribution in [0.25, 0.3) is 0 Å². The molecular formula is C11H16BrNO2. The van der Waals surface area contributed by atoms with Crippen molar-refractivity contribution in [3.8, 4) is 11.5 Å². The number of hydrogen-bond acceptors (Lipinski definition) is 3. The van der Waals surface area contributed by atoms with Crippen LogP contribution < -0.4 is 14.8 Å². The summed E-state index contributed by atoms with van der Waals surface area (Å²) in [4.78, 5) is 0. The molecular weight excluding hydrogens is 258 g/mol. The maximum absolute atomic E-state index is 5.26. The molecule has 0 fully saturated rings. The number of methoxy groups -OCH3 is 2. The second-order valence-electron chi connectivity index (χ2n) is 3.17. The van der Waals surface area contributed by atoms with E-state index in [0.717, 1.165) is 28.9 Å². The number of ether oxygens (including phenoxy) is 2. The second kappa shape index (κ2) is 5.98. The fourth-order valence-electron chi connectivity index (χ4n) is 1.34. The third kappa shape index (κ3) is 3.11. The highest BCUT2D eigenvalue weighted by atomic mass is 79.9. The number of nitrogens with one attached hydrogen (secondary N) is 1. The Balaban J connectivity index is 2.98. The topological polar surface area (TPSA) is 30.5 Å². The van der Waals surface area contributed by atoms with Gasteiger partial charge < -0.3 is 14.8 Å². The first-order chi connectivity index (χ1) is 7.22. The molecule has 15 heavy (non-hydrogen) atoms. The van der Waals surface area contributed by atoms with Gasteiger partial charge in [-0.05, 0) is 53.6 Å². The summed E-state index contributed by atoms with van der Waals surface area (Å²) in [5.74, 6) is 1.61. The molecule has 0 heterocycles. The average Bonchev–Trinajstić information content (AvgIpc) is 2.27. The molecule has 0 aromatic heterocycles. The Kier molecular flexibility index (Phi) is 4.91. The van der Waals surface area contributed by atoms with Gasteiger partial charge in [-0.1, -0.05) is 0 Å². The highest BCUT2D eigenvalue weighted by Crippen LogP contribution is 2.35. The van der Waals surface area contributed by atoms with Crippen LogP contribution in [-0.4, -0.2) is 27.8 Å². The maximum Gasteiger partial charge on any atom is 0.137 e. The number of hydrogen-bond donors (Lipinski definition) is 1. The smallest absolute Gasteiger partial charge is 0.137 e. The molecule has 0 saturated heterocycles. The summed E-state index contributed by atoms with van der Waals surface area (Å²) in [5, 5.41) is 3.11. The molecule has 0 saturated carbocycles. The van der Waals surface area contributed by atoms with Crippen LogP contribution in [0, 0.1) is 0 Å². The van der Waals surface area contributed by atoms with E-state index >= 15 is 0 Å². The molecule has 1 aromatic carbocycles. The highest BCUT2D eigenvalue weighted by Gasteiger charge is 2.09. The van der Waals surface area contributed by atoms with Gasteiger partial charge in [-0.3, -0.25) is 0 Å². The lowest BCUT2D eigenvalue weighted by Gasteiger charge is -2.11. The molecule has 1 rings (SSSR count). The fourth-order valence-corrected chi connectivity index (χ4v) is 1.89. The lowest BCUT2D eigenvalue weighted by molar-refractivity contribution is 0.388. The number of likely N-dealkylation sites (N-methyl/N-ethyl adjacent to an activating group) is 1. The summed E-state index contributed by atoms with van der Waals surface area (Å²) < 4.78 is 11.4. The van der Waals surface area contributed by atoms with Gasteiger partial charge >= 0.3 is 0 Å². The van der Waals surface area contributed by atoms with Crippen molar-refractivity contribution in [2.45, 2.75) is 6.42 Å². The number of benzene rings is 1. The monoisotopic (exact) mass is 273 g/mol. The van der Waals surface area contributed by atoms with Crippen LogP contribution in [0.3, 0.4) is 0 Å². The van der Waals surface area contributed by atoms with Gasteiger partial charge in [0.05, 0.1) is 14.2 Å². The molecule has 3 nitrogen and oxygen atoms in total. The molecule has 0 spiro atoms. The van der Waals surface area contributed by atoms with Crippen molar-refractivity contribution in [3.05, 3.63) is 22.2 Å². The molecule has 0 aliphatic heterocycles. The lowest BCUT2D eigenvalue weighted by Crippen LogP contribution is -2.10. The Bertz CT molecular complexity index is 303. The Morgan fingerprint density at radius 1 is 1.20 bits per heavy atom. The summed E-state index contributed by atoms with van der Waals surface area (Å²) >= 11 is 3.44. The van der Waals surface area contributed by atoms with Gasteiger partial charge in [0.25, 0.3) is 0 Å². The summed E-state index contributed by atoms with van der Waals surface area (Å²) in [6.45, 7) is 0.938. The van der Waals surface area contributed by atoms with Crippen molar-refractivity contribution < 1.29 is 9.47 Å². The van der Waals surface area contributed by atoms with Crippen LogP contribution in [0.15, 0.2) is 16.6 Å². The van der Waals surface area contributed by atoms with Gasteiger partial charge in [-0.25, -0.2) is 0 Å². The highest BCUT2D eigenvalue weighted by molar-refractivity contribution is 9.10. The van der Waals surface area contributed by atoms with Crippen LogP contribution in [0.1, 0.15) is 5.56 Å². The van der Waals surface area contributed by atoms with E-state index < -0.39 is 0 Å². The van der Waals surface area contributed by atoms with Crippen LogP contribution in [-0.2, 0) is 6.42 Å². The third-order valence-corrected chi connectivity index (χ3v) is 2.95. The first-order valence-electron chi connectivity index (χ1n) is 4.78.